The van der Waals surface area contributed by atoms with Crippen LogP contribution in [0.3, 0.4) is 0 Å². The van der Waals surface area contributed by atoms with Crippen molar-refractivity contribution >= 4 is 12.0 Å². The third-order valence-electron chi connectivity index (χ3n) is 3.63. The zero-order chi connectivity index (χ0) is 14.8. The smallest absolute Gasteiger partial charge is 0.270 e. The number of ether oxygens (including phenoxy) is 1. The molecule has 0 radical (unpaired) electrons. The van der Waals surface area contributed by atoms with Gasteiger partial charge < -0.3 is 4.74 Å². The molecule has 0 atom stereocenters. The Morgan fingerprint density at radius 2 is 1.90 bits per heavy atom. The zero-order valence-corrected chi connectivity index (χ0v) is 11.2. The maximum Gasteiger partial charge on any atom is 0.270 e. The molecule has 106 valence electrons. The number of fused-ring (bicyclic) bond motifs is 1. The van der Waals surface area contributed by atoms with E-state index in [1.165, 1.54) is 29.3 Å². The van der Waals surface area contributed by atoms with Crippen LogP contribution in [0.25, 0.3) is 0 Å². The predicted molar refractivity (Wildman–Crippen MR) is 77.0 cm³/mol. The molecule has 2 aromatic carbocycles. The number of hydrogen-bond acceptors (Lipinski definition) is 4. The van der Waals surface area contributed by atoms with Crippen molar-refractivity contribution in [1.82, 2.24) is 0 Å². The first-order valence-corrected chi connectivity index (χ1v) is 6.70. The monoisotopic (exact) mass is 283 g/mol. The fraction of sp³-hybridized carbons (Fsp3) is 0.188. The second-order valence-corrected chi connectivity index (χ2v) is 4.98. The lowest BCUT2D eigenvalue weighted by atomic mass is 10.1. The molecule has 0 fully saturated rings. The lowest BCUT2D eigenvalue weighted by Crippen LogP contribution is -1.94. The van der Waals surface area contributed by atoms with E-state index in [4.69, 9.17) is 4.74 Å². The van der Waals surface area contributed by atoms with Gasteiger partial charge in [-0.25, -0.2) is 0 Å². The highest BCUT2D eigenvalue weighted by Crippen LogP contribution is 2.31. The third-order valence-corrected chi connectivity index (χ3v) is 3.63. The molecule has 2 aromatic rings. The summed E-state index contributed by atoms with van der Waals surface area (Å²) in [6.45, 7) is 0. The van der Waals surface area contributed by atoms with Crippen LogP contribution in [0, 0.1) is 10.1 Å². The summed E-state index contributed by atoms with van der Waals surface area (Å²) in [6.07, 6.45) is 3.84. The molecule has 21 heavy (non-hydrogen) atoms. The quantitative estimate of drug-likeness (QED) is 0.487. The first-order valence-electron chi connectivity index (χ1n) is 6.70. The lowest BCUT2D eigenvalue weighted by Gasteiger charge is -2.09. The molecular formula is C16H13NO4. The third kappa shape index (κ3) is 2.63. The van der Waals surface area contributed by atoms with Crippen molar-refractivity contribution < 1.29 is 14.5 Å². The molecule has 0 N–H and O–H groups in total. The number of hydrogen-bond donors (Lipinski definition) is 0. The summed E-state index contributed by atoms with van der Waals surface area (Å²) in [4.78, 5) is 21.3. The summed E-state index contributed by atoms with van der Waals surface area (Å²) in [5, 5.41) is 10.7. The molecule has 0 saturated carbocycles. The first kappa shape index (κ1) is 13.3. The molecule has 0 spiro atoms. The normalized spacial score (nSPS) is 12.8. The largest absolute Gasteiger partial charge is 0.457 e. The van der Waals surface area contributed by atoms with Gasteiger partial charge in [0.1, 0.15) is 11.5 Å². The van der Waals surface area contributed by atoms with E-state index in [1.807, 2.05) is 18.2 Å². The van der Waals surface area contributed by atoms with Gasteiger partial charge >= 0.3 is 0 Å². The van der Waals surface area contributed by atoms with Crippen molar-refractivity contribution in [1.29, 1.82) is 0 Å². The molecule has 0 aliphatic heterocycles. The minimum atomic E-state index is -0.536. The van der Waals surface area contributed by atoms with Crippen LogP contribution in [0.15, 0.2) is 36.4 Å². The Hall–Kier alpha value is -2.69. The highest BCUT2D eigenvalue weighted by atomic mass is 16.6. The SMILES string of the molecule is O=Cc1cc([N+](=O)[O-])ccc1Oc1ccc2c(c1)CCC2. The van der Waals surface area contributed by atoms with Crippen LogP contribution < -0.4 is 4.74 Å². The second kappa shape index (κ2) is 5.36. The van der Waals surface area contributed by atoms with E-state index in [-0.39, 0.29) is 11.3 Å². The molecule has 5 nitrogen and oxygen atoms in total. The van der Waals surface area contributed by atoms with Crippen LogP contribution in [-0.4, -0.2) is 11.2 Å². The van der Waals surface area contributed by atoms with Gasteiger partial charge in [-0.15, -0.1) is 0 Å². The average Bonchev–Trinajstić information content (AvgIpc) is 2.95. The summed E-state index contributed by atoms with van der Waals surface area (Å²) in [5.41, 5.74) is 2.65. The van der Waals surface area contributed by atoms with Gasteiger partial charge in [-0.2, -0.15) is 0 Å². The van der Waals surface area contributed by atoms with E-state index in [1.54, 1.807) is 0 Å². The maximum absolute atomic E-state index is 11.1. The van der Waals surface area contributed by atoms with Crippen LogP contribution >= 0.6 is 0 Å². The predicted octanol–water partition coefficient (Wildman–Crippen LogP) is 3.69. The first-order chi connectivity index (χ1) is 10.2. The van der Waals surface area contributed by atoms with Crippen LogP contribution in [-0.2, 0) is 12.8 Å². The summed E-state index contributed by atoms with van der Waals surface area (Å²) < 4.78 is 5.71. The van der Waals surface area contributed by atoms with Crippen molar-refractivity contribution in [2.45, 2.75) is 19.3 Å². The molecule has 0 amide bonds. The molecule has 0 aromatic heterocycles. The van der Waals surface area contributed by atoms with Gasteiger partial charge in [0.25, 0.3) is 5.69 Å². The van der Waals surface area contributed by atoms with Crippen LogP contribution in [0.1, 0.15) is 27.9 Å². The molecule has 1 aliphatic rings. The highest BCUT2D eigenvalue weighted by Gasteiger charge is 2.14. The molecule has 0 saturated heterocycles. The number of aryl methyl sites for hydroxylation is 2. The number of nitro groups is 1. The number of aldehydes is 1. The average molecular weight is 283 g/mol. The van der Waals surface area contributed by atoms with Gasteiger partial charge in [0.15, 0.2) is 6.29 Å². The zero-order valence-electron chi connectivity index (χ0n) is 11.2. The Kier molecular flexibility index (Phi) is 3.39. The second-order valence-electron chi connectivity index (χ2n) is 4.98. The topological polar surface area (TPSA) is 69.4 Å². The van der Waals surface area contributed by atoms with Crippen LogP contribution in [0.5, 0.6) is 11.5 Å². The van der Waals surface area contributed by atoms with Gasteiger partial charge in [-0.1, -0.05) is 6.07 Å². The Morgan fingerprint density at radius 3 is 2.67 bits per heavy atom. The maximum atomic E-state index is 11.1. The number of nitrogens with zero attached hydrogens (tertiary/aromatic N) is 1. The summed E-state index contributed by atoms with van der Waals surface area (Å²) in [7, 11) is 0. The molecule has 0 unspecified atom stereocenters. The Labute approximate surface area is 121 Å². The minimum Gasteiger partial charge on any atom is -0.457 e. The van der Waals surface area contributed by atoms with Crippen molar-refractivity contribution in [3.63, 3.8) is 0 Å². The van der Waals surface area contributed by atoms with E-state index in [2.05, 4.69) is 0 Å². The molecule has 5 heteroatoms. The molecule has 1 aliphatic carbocycles. The van der Waals surface area contributed by atoms with E-state index in [0.29, 0.717) is 17.8 Å². The van der Waals surface area contributed by atoms with E-state index < -0.39 is 4.92 Å². The van der Waals surface area contributed by atoms with E-state index >= 15 is 0 Å². The summed E-state index contributed by atoms with van der Waals surface area (Å²) in [6, 6.07) is 9.86. The fourth-order valence-corrected chi connectivity index (χ4v) is 2.57. The van der Waals surface area contributed by atoms with Gasteiger partial charge in [-0.3, -0.25) is 14.9 Å². The molecule has 0 heterocycles. The number of non-ortho nitro benzene ring substituents is 1. The molecule has 0 bridgehead atoms. The summed E-state index contributed by atoms with van der Waals surface area (Å²) in [5.74, 6) is 0.973. The van der Waals surface area contributed by atoms with Gasteiger partial charge in [0.05, 0.1) is 10.5 Å². The van der Waals surface area contributed by atoms with E-state index in [9.17, 15) is 14.9 Å². The number of nitro benzene ring substituents is 1. The summed E-state index contributed by atoms with van der Waals surface area (Å²) >= 11 is 0. The molecular weight excluding hydrogens is 270 g/mol. The van der Waals surface area contributed by atoms with Crippen LogP contribution in [0.2, 0.25) is 0 Å². The van der Waals surface area contributed by atoms with Crippen LogP contribution in [0.4, 0.5) is 5.69 Å². The van der Waals surface area contributed by atoms with Gasteiger partial charge in [0.2, 0.25) is 0 Å². The Bertz CT molecular complexity index is 724. The minimum absolute atomic E-state index is 0.126. The number of rotatable bonds is 4. The Morgan fingerprint density at radius 1 is 1.10 bits per heavy atom. The fourth-order valence-electron chi connectivity index (χ4n) is 2.57. The number of benzene rings is 2. The number of carbonyl (C=O) groups excluding carboxylic acids is 1. The number of carbonyl (C=O) groups is 1. The standard InChI is InChI=1S/C16H13NO4/c18-10-13-8-14(17(19)20)5-7-16(13)21-15-6-4-11-2-1-3-12(11)9-15/h4-10H,1-3H2. The van der Waals surface area contributed by atoms with Crippen molar-refractivity contribution in [2.24, 2.45) is 0 Å². The Balaban J connectivity index is 1.91. The van der Waals surface area contributed by atoms with Crippen molar-refractivity contribution in [3.05, 3.63) is 63.2 Å². The lowest BCUT2D eigenvalue weighted by molar-refractivity contribution is -0.384. The highest BCUT2D eigenvalue weighted by molar-refractivity contribution is 5.80. The van der Waals surface area contributed by atoms with Crippen molar-refractivity contribution in [3.8, 4) is 11.5 Å². The van der Waals surface area contributed by atoms with E-state index in [0.717, 1.165) is 19.3 Å². The van der Waals surface area contributed by atoms with Gasteiger partial charge in [-0.05, 0) is 48.6 Å². The van der Waals surface area contributed by atoms with Gasteiger partial charge in [0, 0.05) is 12.1 Å². The van der Waals surface area contributed by atoms with Crippen molar-refractivity contribution in [2.75, 3.05) is 0 Å². The molecule has 3 rings (SSSR count).